The third-order valence-electron chi connectivity index (χ3n) is 3.53. The molecule has 2 rings (SSSR count). The first kappa shape index (κ1) is 19.4. The van der Waals surface area contributed by atoms with Gasteiger partial charge in [0.25, 0.3) is 5.91 Å². The number of ether oxygens (including phenoxy) is 2. The Bertz CT molecular complexity index is 745. The number of aromatic nitrogens is 1. The molecule has 26 heavy (non-hydrogen) atoms. The number of amides is 1. The summed E-state index contributed by atoms with van der Waals surface area (Å²) in [6.45, 7) is 7.19. The standard InChI is InChI=1S/C20H25N3O3/c1-4-11-25-18-9-8-16(13-19(18)26-12-5-2)15(3)22-23-20(24)17-7-6-10-21-14-17/h6-10,13-14H,4-5,11-12H2,1-3H3,(H,23,24)/b22-15-. The van der Waals surface area contributed by atoms with Gasteiger partial charge in [-0.25, -0.2) is 5.43 Å². The first-order valence-electron chi connectivity index (χ1n) is 8.80. The molecule has 0 aliphatic heterocycles. The van der Waals surface area contributed by atoms with E-state index in [1.54, 1.807) is 18.3 Å². The van der Waals surface area contributed by atoms with Gasteiger partial charge in [0.05, 0.1) is 24.5 Å². The van der Waals surface area contributed by atoms with Gasteiger partial charge in [0.2, 0.25) is 0 Å². The lowest BCUT2D eigenvalue weighted by molar-refractivity contribution is 0.0954. The SMILES string of the molecule is CCCOc1ccc(/C(C)=N\NC(=O)c2cccnc2)cc1OCCC. The van der Waals surface area contributed by atoms with Gasteiger partial charge in [-0.1, -0.05) is 13.8 Å². The van der Waals surface area contributed by atoms with Gasteiger partial charge in [-0.05, 0) is 50.1 Å². The topological polar surface area (TPSA) is 72.8 Å². The van der Waals surface area contributed by atoms with E-state index in [9.17, 15) is 4.79 Å². The van der Waals surface area contributed by atoms with E-state index in [1.807, 2.05) is 25.1 Å². The zero-order valence-electron chi connectivity index (χ0n) is 15.5. The van der Waals surface area contributed by atoms with Gasteiger partial charge in [-0.2, -0.15) is 5.10 Å². The van der Waals surface area contributed by atoms with E-state index in [1.165, 1.54) is 6.20 Å². The minimum atomic E-state index is -0.303. The van der Waals surface area contributed by atoms with Crippen LogP contribution in [-0.4, -0.2) is 29.8 Å². The number of carbonyl (C=O) groups is 1. The molecule has 1 aromatic carbocycles. The number of hydrogen-bond acceptors (Lipinski definition) is 5. The van der Waals surface area contributed by atoms with Crippen molar-refractivity contribution >= 4 is 11.6 Å². The molecule has 138 valence electrons. The Morgan fingerprint density at radius 2 is 1.81 bits per heavy atom. The van der Waals surface area contributed by atoms with Crippen LogP contribution >= 0.6 is 0 Å². The molecule has 1 aromatic heterocycles. The van der Waals surface area contributed by atoms with Crippen molar-refractivity contribution in [3.8, 4) is 11.5 Å². The number of nitrogens with zero attached hydrogens (tertiary/aromatic N) is 2. The number of rotatable bonds is 9. The highest BCUT2D eigenvalue weighted by molar-refractivity contribution is 6.01. The number of hydrogen-bond donors (Lipinski definition) is 1. The van der Waals surface area contributed by atoms with E-state index in [0.717, 1.165) is 24.2 Å². The fraction of sp³-hybridized carbons (Fsp3) is 0.350. The van der Waals surface area contributed by atoms with Crippen molar-refractivity contribution in [3.63, 3.8) is 0 Å². The summed E-state index contributed by atoms with van der Waals surface area (Å²) in [6, 6.07) is 9.05. The first-order chi connectivity index (χ1) is 12.7. The number of hydrazone groups is 1. The maximum atomic E-state index is 12.1. The van der Waals surface area contributed by atoms with Crippen molar-refractivity contribution in [1.29, 1.82) is 0 Å². The molecule has 0 aliphatic rings. The van der Waals surface area contributed by atoms with Crippen LogP contribution in [0.15, 0.2) is 47.8 Å². The molecule has 6 heteroatoms. The maximum Gasteiger partial charge on any atom is 0.272 e. The monoisotopic (exact) mass is 355 g/mol. The summed E-state index contributed by atoms with van der Waals surface area (Å²) >= 11 is 0. The molecule has 0 spiro atoms. The van der Waals surface area contributed by atoms with Gasteiger partial charge in [0, 0.05) is 18.0 Å². The van der Waals surface area contributed by atoms with Gasteiger partial charge >= 0.3 is 0 Å². The number of carbonyl (C=O) groups excluding carboxylic acids is 1. The highest BCUT2D eigenvalue weighted by atomic mass is 16.5. The lowest BCUT2D eigenvalue weighted by Gasteiger charge is -2.13. The Hall–Kier alpha value is -2.89. The third-order valence-corrected chi connectivity index (χ3v) is 3.53. The maximum absolute atomic E-state index is 12.1. The van der Waals surface area contributed by atoms with Crippen molar-refractivity contribution in [1.82, 2.24) is 10.4 Å². The van der Waals surface area contributed by atoms with Gasteiger partial charge in [-0.3, -0.25) is 9.78 Å². The van der Waals surface area contributed by atoms with E-state index in [0.29, 0.717) is 30.2 Å². The zero-order chi connectivity index (χ0) is 18.8. The Kier molecular flexibility index (Phi) is 7.61. The predicted octanol–water partition coefficient (Wildman–Crippen LogP) is 3.81. The fourth-order valence-corrected chi connectivity index (χ4v) is 2.15. The van der Waals surface area contributed by atoms with Gasteiger partial charge in [0.15, 0.2) is 11.5 Å². The summed E-state index contributed by atoms with van der Waals surface area (Å²) in [5.74, 6) is 1.10. The Balaban J connectivity index is 2.13. The molecule has 0 saturated carbocycles. The van der Waals surface area contributed by atoms with Crippen LogP contribution in [0.5, 0.6) is 11.5 Å². The molecule has 0 aliphatic carbocycles. The highest BCUT2D eigenvalue weighted by Gasteiger charge is 2.09. The predicted molar refractivity (Wildman–Crippen MR) is 102 cm³/mol. The van der Waals surface area contributed by atoms with Crippen LogP contribution in [-0.2, 0) is 0 Å². The summed E-state index contributed by atoms with van der Waals surface area (Å²) in [5, 5.41) is 4.18. The Morgan fingerprint density at radius 1 is 1.08 bits per heavy atom. The quantitative estimate of drug-likeness (QED) is 0.548. The number of benzene rings is 1. The Morgan fingerprint density at radius 3 is 2.46 bits per heavy atom. The van der Waals surface area contributed by atoms with Crippen molar-refractivity contribution in [2.45, 2.75) is 33.6 Å². The minimum Gasteiger partial charge on any atom is -0.490 e. The zero-order valence-corrected chi connectivity index (χ0v) is 15.5. The molecule has 0 bridgehead atoms. The van der Waals surface area contributed by atoms with E-state index in [4.69, 9.17) is 9.47 Å². The fourth-order valence-electron chi connectivity index (χ4n) is 2.15. The summed E-state index contributed by atoms with van der Waals surface area (Å²) in [5.41, 5.74) is 4.53. The first-order valence-corrected chi connectivity index (χ1v) is 8.80. The largest absolute Gasteiger partial charge is 0.490 e. The molecule has 0 fully saturated rings. The normalized spacial score (nSPS) is 11.1. The molecule has 0 saturated heterocycles. The van der Waals surface area contributed by atoms with Crippen molar-refractivity contribution in [3.05, 3.63) is 53.9 Å². The average molecular weight is 355 g/mol. The summed E-state index contributed by atoms with van der Waals surface area (Å²) in [7, 11) is 0. The molecule has 1 heterocycles. The van der Waals surface area contributed by atoms with Crippen LogP contribution in [0.3, 0.4) is 0 Å². The second-order valence-corrected chi connectivity index (χ2v) is 5.74. The molecule has 1 N–H and O–H groups in total. The lowest BCUT2D eigenvalue weighted by atomic mass is 10.1. The van der Waals surface area contributed by atoms with E-state index < -0.39 is 0 Å². The lowest BCUT2D eigenvalue weighted by Crippen LogP contribution is -2.19. The number of nitrogens with one attached hydrogen (secondary N) is 1. The number of pyridine rings is 1. The van der Waals surface area contributed by atoms with Crippen LogP contribution in [0.2, 0.25) is 0 Å². The highest BCUT2D eigenvalue weighted by Crippen LogP contribution is 2.29. The third kappa shape index (κ3) is 5.58. The molecule has 6 nitrogen and oxygen atoms in total. The summed E-state index contributed by atoms with van der Waals surface area (Å²) < 4.78 is 11.5. The van der Waals surface area contributed by atoms with Crippen molar-refractivity contribution < 1.29 is 14.3 Å². The van der Waals surface area contributed by atoms with Crippen LogP contribution in [0, 0.1) is 0 Å². The van der Waals surface area contributed by atoms with Gasteiger partial charge in [-0.15, -0.1) is 0 Å². The van der Waals surface area contributed by atoms with E-state index in [-0.39, 0.29) is 5.91 Å². The van der Waals surface area contributed by atoms with Crippen molar-refractivity contribution in [2.24, 2.45) is 5.10 Å². The Labute approximate surface area is 154 Å². The molecular formula is C20H25N3O3. The van der Waals surface area contributed by atoms with Crippen molar-refractivity contribution in [2.75, 3.05) is 13.2 Å². The second kappa shape index (κ2) is 10.2. The molecule has 0 unspecified atom stereocenters. The van der Waals surface area contributed by atoms with E-state index in [2.05, 4.69) is 29.4 Å². The summed E-state index contributed by atoms with van der Waals surface area (Å²) in [4.78, 5) is 16.0. The molecule has 1 amide bonds. The molecular weight excluding hydrogens is 330 g/mol. The average Bonchev–Trinajstić information content (AvgIpc) is 2.69. The van der Waals surface area contributed by atoms with Crippen LogP contribution in [0.1, 0.15) is 49.5 Å². The van der Waals surface area contributed by atoms with Gasteiger partial charge in [0.1, 0.15) is 0 Å². The van der Waals surface area contributed by atoms with Crippen LogP contribution in [0.4, 0.5) is 0 Å². The smallest absolute Gasteiger partial charge is 0.272 e. The molecule has 2 aromatic rings. The summed E-state index contributed by atoms with van der Waals surface area (Å²) in [6.07, 6.45) is 4.95. The van der Waals surface area contributed by atoms with E-state index >= 15 is 0 Å². The minimum absolute atomic E-state index is 0.303. The molecule has 0 atom stereocenters. The second-order valence-electron chi connectivity index (χ2n) is 5.74. The van der Waals surface area contributed by atoms with Crippen LogP contribution in [0.25, 0.3) is 0 Å². The molecule has 0 radical (unpaired) electrons. The van der Waals surface area contributed by atoms with Crippen LogP contribution < -0.4 is 14.9 Å². The van der Waals surface area contributed by atoms with Gasteiger partial charge < -0.3 is 9.47 Å².